The molecule has 0 aromatic rings. The van der Waals surface area contributed by atoms with Crippen LogP contribution in [0.15, 0.2) is 22.6 Å². The molecule has 0 spiro atoms. The summed E-state index contributed by atoms with van der Waals surface area (Å²) < 4.78 is 31.1. The Bertz CT molecular complexity index is 486. The van der Waals surface area contributed by atoms with Gasteiger partial charge in [0.2, 0.25) is 0 Å². The van der Waals surface area contributed by atoms with E-state index in [-0.39, 0.29) is 10.5 Å². The number of carboxylic acid groups (broad SMARTS) is 1. The highest BCUT2D eigenvalue weighted by atomic mass is 32.2. The second-order valence-corrected chi connectivity index (χ2v) is 5.33. The zero-order valence-electron chi connectivity index (χ0n) is 8.84. The molecule has 0 heterocycles. The van der Waals surface area contributed by atoms with E-state index in [1.54, 1.807) is 0 Å². The predicted octanol–water partition coefficient (Wildman–Crippen LogP) is 0.136. The molecule has 0 bridgehead atoms. The molecule has 0 aromatic carbocycles. The van der Waals surface area contributed by atoms with Crippen LogP contribution in [-0.4, -0.2) is 29.6 Å². The summed E-state index contributed by atoms with van der Waals surface area (Å²) in [5.74, 6) is -1.87. The first-order valence-corrected chi connectivity index (χ1v) is 5.94. The van der Waals surface area contributed by atoms with Crippen molar-refractivity contribution in [2.45, 2.75) is 19.4 Å². The first-order chi connectivity index (χ1) is 7.08. The molecule has 2 unspecified atom stereocenters. The standard InChI is InChI=1S/C9H13NO5S/c1-5-6(8(11)12)3-4-7(9(5,2)10)16(13,14)15/h3-5H,10H2,1-2H3,(H,11,12)(H,13,14,15). The summed E-state index contributed by atoms with van der Waals surface area (Å²) in [5, 5.41) is 8.86. The fourth-order valence-electron chi connectivity index (χ4n) is 1.65. The average Bonchev–Trinajstić information content (AvgIpc) is 2.06. The minimum Gasteiger partial charge on any atom is -0.478 e. The van der Waals surface area contributed by atoms with Gasteiger partial charge in [0.15, 0.2) is 0 Å². The molecule has 7 heteroatoms. The van der Waals surface area contributed by atoms with Crippen molar-refractivity contribution in [1.82, 2.24) is 0 Å². The molecule has 0 aliphatic heterocycles. The first-order valence-electron chi connectivity index (χ1n) is 4.50. The van der Waals surface area contributed by atoms with Crippen molar-refractivity contribution < 1.29 is 22.9 Å². The van der Waals surface area contributed by atoms with Gasteiger partial charge in [-0.2, -0.15) is 8.42 Å². The maximum absolute atomic E-state index is 11.1. The molecule has 90 valence electrons. The number of hydrogen-bond donors (Lipinski definition) is 3. The zero-order valence-corrected chi connectivity index (χ0v) is 9.65. The molecule has 0 saturated carbocycles. The molecule has 1 rings (SSSR count). The lowest BCUT2D eigenvalue weighted by molar-refractivity contribution is -0.133. The fraction of sp³-hybridized carbons (Fsp3) is 0.444. The van der Waals surface area contributed by atoms with Gasteiger partial charge in [0.1, 0.15) is 0 Å². The first kappa shape index (κ1) is 12.9. The number of nitrogens with two attached hydrogens (primary N) is 1. The molecule has 16 heavy (non-hydrogen) atoms. The van der Waals surface area contributed by atoms with Gasteiger partial charge in [-0.1, -0.05) is 13.0 Å². The van der Waals surface area contributed by atoms with Crippen LogP contribution in [0.25, 0.3) is 0 Å². The van der Waals surface area contributed by atoms with Crippen LogP contribution in [-0.2, 0) is 14.9 Å². The largest absolute Gasteiger partial charge is 0.478 e. The van der Waals surface area contributed by atoms with E-state index in [2.05, 4.69) is 0 Å². The van der Waals surface area contributed by atoms with E-state index < -0.39 is 27.5 Å². The van der Waals surface area contributed by atoms with Gasteiger partial charge in [-0.3, -0.25) is 4.55 Å². The van der Waals surface area contributed by atoms with Crippen LogP contribution < -0.4 is 5.73 Å². The third-order valence-electron chi connectivity index (χ3n) is 2.84. The number of carboxylic acids is 1. The highest BCUT2D eigenvalue weighted by Gasteiger charge is 2.42. The number of rotatable bonds is 2. The topological polar surface area (TPSA) is 118 Å². The molecular formula is C9H13NO5S. The Morgan fingerprint density at radius 1 is 1.50 bits per heavy atom. The maximum Gasteiger partial charge on any atom is 0.331 e. The van der Waals surface area contributed by atoms with E-state index in [9.17, 15) is 13.2 Å². The van der Waals surface area contributed by atoms with Crippen LogP contribution in [0, 0.1) is 5.92 Å². The molecule has 4 N–H and O–H groups in total. The van der Waals surface area contributed by atoms with Gasteiger partial charge < -0.3 is 10.8 Å². The lowest BCUT2D eigenvalue weighted by atomic mass is 9.78. The van der Waals surface area contributed by atoms with E-state index in [1.165, 1.54) is 13.8 Å². The highest BCUT2D eigenvalue weighted by molar-refractivity contribution is 7.89. The number of aliphatic carboxylic acids is 1. The van der Waals surface area contributed by atoms with E-state index in [0.29, 0.717) is 0 Å². The maximum atomic E-state index is 11.1. The smallest absolute Gasteiger partial charge is 0.331 e. The van der Waals surface area contributed by atoms with Crippen molar-refractivity contribution in [3.63, 3.8) is 0 Å². The Balaban J connectivity index is 3.40. The van der Waals surface area contributed by atoms with Crippen molar-refractivity contribution in [2.75, 3.05) is 0 Å². The molecule has 0 fully saturated rings. The fourth-order valence-corrected chi connectivity index (χ4v) is 2.62. The number of hydrogen-bond acceptors (Lipinski definition) is 4. The molecule has 1 aliphatic rings. The van der Waals surface area contributed by atoms with Crippen LogP contribution >= 0.6 is 0 Å². The van der Waals surface area contributed by atoms with Gasteiger partial charge >= 0.3 is 5.97 Å². The Morgan fingerprint density at radius 2 is 2.00 bits per heavy atom. The second kappa shape index (κ2) is 3.69. The van der Waals surface area contributed by atoms with Crippen LogP contribution in [0.5, 0.6) is 0 Å². The normalized spacial score (nSPS) is 30.6. The molecule has 0 radical (unpaired) electrons. The zero-order chi connectivity index (χ0) is 12.7. The van der Waals surface area contributed by atoms with E-state index in [4.69, 9.17) is 15.4 Å². The summed E-state index contributed by atoms with van der Waals surface area (Å²) in [5.41, 5.74) is 4.35. The molecular weight excluding hydrogens is 234 g/mol. The number of allylic oxidation sites excluding steroid dienone is 2. The van der Waals surface area contributed by atoms with Gasteiger partial charge in [0, 0.05) is 11.5 Å². The van der Waals surface area contributed by atoms with Crippen molar-refractivity contribution in [1.29, 1.82) is 0 Å². The van der Waals surface area contributed by atoms with Gasteiger partial charge in [0.25, 0.3) is 10.1 Å². The third-order valence-corrected chi connectivity index (χ3v) is 3.97. The quantitative estimate of drug-likeness (QED) is 0.597. The van der Waals surface area contributed by atoms with Crippen LogP contribution in [0.2, 0.25) is 0 Å². The van der Waals surface area contributed by atoms with Crippen molar-refractivity contribution in [3.8, 4) is 0 Å². The highest BCUT2D eigenvalue weighted by Crippen LogP contribution is 2.35. The van der Waals surface area contributed by atoms with Crippen LogP contribution in [0.3, 0.4) is 0 Å². The van der Waals surface area contributed by atoms with Gasteiger partial charge in [0.05, 0.1) is 10.4 Å². The SMILES string of the molecule is CC1C(C(=O)O)=CC=C(S(=O)(=O)O)C1(C)N. The monoisotopic (exact) mass is 247 g/mol. The van der Waals surface area contributed by atoms with Gasteiger partial charge in [-0.05, 0) is 13.0 Å². The lowest BCUT2D eigenvalue weighted by Crippen LogP contribution is -2.49. The Labute approximate surface area is 93.2 Å². The number of carbonyl (C=O) groups is 1. The Kier molecular flexibility index (Phi) is 2.97. The van der Waals surface area contributed by atoms with Crippen molar-refractivity contribution >= 4 is 16.1 Å². The van der Waals surface area contributed by atoms with Crippen molar-refractivity contribution in [2.24, 2.45) is 11.7 Å². The average molecular weight is 247 g/mol. The van der Waals surface area contributed by atoms with Crippen molar-refractivity contribution in [3.05, 3.63) is 22.6 Å². The second-order valence-electron chi connectivity index (χ2n) is 3.94. The predicted molar refractivity (Wildman–Crippen MR) is 57.1 cm³/mol. The van der Waals surface area contributed by atoms with E-state index in [0.717, 1.165) is 12.2 Å². The molecule has 1 aliphatic carbocycles. The summed E-state index contributed by atoms with van der Waals surface area (Å²) in [6.07, 6.45) is 2.17. The van der Waals surface area contributed by atoms with Crippen LogP contribution in [0.4, 0.5) is 0 Å². The van der Waals surface area contributed by atoms with E-state index >= 15 is 0 Å². The molecule has 2 atom stereocenters. The molecule has 0 amide bonds. The minimum atomic E-state index is -4.42. The third kappa shape index (κ3) is 2.01. The summed E-state index contributed by atoms with van der Waals surface area (Å²) in [6.45, 7) is 2.87. The molecule has 0 saturated heterocycles. The Hall–Kier alpha value is -1.18. The summed E-state index contributed by atoms with van der Waals surface area (Å²) in [7, 11) is -4.42. The van der Waals surface area contributed by atoms with E-state index in [1.807, 2.05) is 0 Å². The minimum absolute atomic E-state index is 0.0115. The van der Waals surface area contributed by atoms with Gasteiger partial charge in [-0.15, -0.1) is 0 Å². The summed E-state index contributed by atoms with van der Waals surface area (Å²) >= 11 is 0. The Morgan fingerprint density at radius 3 is 2.38 bits per heavy atom. The summed E-state index contributed by atoms with van der Waals surface area (Å²) in [6, 6.07) is 0. The van der Waals surface area contributed by atoms with Gasteiger partial charge in [-0.25, -0.2) is 4.79 Å². The molecule has 0 aromatic heterocycles. The molecule has 6 nitrogen and oxygen atoms in total. The lowest BCUT2D eigenvalue weighted by Gasteiger charge is -2.35. The van der Waals surface area contributed by atoms with Crippen LogP contribution in [0.1, 0.15) is 13.8 Å². The summed E-state index contributed by atoms with van der Waals surface area (Å²) in [4.78, 5) is 10.5.